The normalized spacial score (nSPS) is 12.0. The first kappa shape index (κ1) is 17.0. The van der Waals surface area contributed by atoms with Gasteiger partial charge in [0.15, 0.2) is 0 Å². The highest BCUT2D eigenvalue weighted by Crippen LogP contribution is 2.26. The molecule has 0 saturated carbocycles. The standard InChI is InChI=1S/C20H20N2S2/c1-2-16-7-6-8-17(15-16)11-12-19(20-21-13-14-23-20)22-24-18-9-4-3-5-10-18/h2-10,13-15,19,22H,1,11-12H2. The van der Waals surface area contributed by atoms with Crippen molar-refractivity contribution < 1.29 is 0 Å². The summed E-state index contributed by atoms with van der Waals surface area (Å²) in [5.41, 5.74) is 2.50. The summed E-state index contributed by atoms with van der Waals surface area (Å²) in [6, 6.07) is 19.2. The van der Waals surface area contributed by atoms with Crippen LogP contribution in [-0.2, 0) is 6.42 Å². The molecule has 0 amide bonds. The van der Waals surface area contributed by atoms with Gasteiger partial charge in [-0.2, -0.15) is 0 Å². The number of aryl methyl sites for hydroxylation is 1. The SMILES string of the molecule is C=Cc1cccc(CCC(NSc2ccccc2)c2nccs2)c1. The number of hydrogen-bond donors (Lipinski definition) is 1. The summed E-state index contributed by atoms with van der Waals surface area (Å²) < 4.78 is 3.58. The molecule has 0 aliphatic rings. The predicted octanol–water partition coefficient (Wildman–Crippen LogP) is 5.76. The fraction of sp³-hybridized carbons (Fsp3) is 0.150. The molecule has 24 heavy (non-hydrogen) atoms. The van der Waals surface area contributed by atoms with Crippen molar-refractivity contribution in [3.05, 3.63) is 88.9 Å². The fourth-order valence-electron chi connectivity index (χ4n) is 2.45. The Bertz CT molecular complexity index is 754. The van der Waals surface area contributed by atoms with Crippen molar-refractivity contribution in [3.63, 3.8) is 0 Å². The minimum atomic E-state index is 0.239. The molecule has 0 fully saturated rings. The maximum absolute atomic E-state index is 4.50. The summed E-state index contributed by atoms with van der Waals surface area (Å²) in [4.78, 5) is 5.72. The van der Waals surface area contributed by atoms with Gasteiger partial charge in [-0.3, -0.25) is 0 Å². The van der Waals surface area contributed by atoms with Crippen LogP contribution in [0.1, 0.15) is 28.6 Å². The van der Waals surface area contributed by atoms with Crippen molar-refractivity contribution in [3.8, 4) is 0 Å². The molecule has 0 aliphatic heterocycles. The molecule has 0 bridgehead atoms. The van der Waals surface area contributed by atoms with Crippen LogP contribution in [0.2, 0.25) is 0 Å². The lowest BCUT2D eigenvalue weighted by Crippen LogP contribution is -2.15. The van der Waals surface area contributed by atoms with Crippen molar-refractivity contribution in [2.24, 2.45) is 0 Å². The third-order valence-corrected chi connectivity index (χ3v) is 5.52. The van der Waals surface area contributed by atoms with Crippen molar-refractivity contribution >= 4 is 29.4 Å². The van der Waals surface area contributed by atoms with E-state index in [1.807, 2.05) is 23.7 Å². The molecular weight excluding hydrogens is 332 g/mol. The highest BCUT2D eigenvalue weighted by Gasteiger charge is 2.14. The van der Waals surface area contributed by atoms with Crippen LogP contribution >= 0.6 is 23.3 Å². The lowest BCUT2D eigenvalue weighted by molar-refractivity contribution is 0.609. The molecular formula is C20H20N2S2. The maximum Gasteiger partial charge on any atom is 0.110 e. The Balaban J connectivity index is 1.65. The third kappa shape index (κ3) is 4.81. The molecule has 1 unspecified atom stereocenters. The lowest BCUT2D eigenvalue weighted by Gasteiger charge is -2.16. The Morgan fingerprint density at radius 3 is 2.79 bits per heavy atom. The van der Waals surface area contributed by atoms with E-state index in [4.69, 9.17) is 0 Å². The zero-order chi connectivity index (χ0) is 16.6. The molecule has 3 aromatic rings. The molecule has 2 aromatic carbocycles. The second-order valence-corrected chi connectivity index (χ2v) is 7.28. The predicted molar refractivity (Wildman–Crippen MR) is 105 cm³/mol. The minimum Gasteiger partial charge on any atom is -0.250 e. The molecule has 4 heteroatoms. The molecule has 1 heterocycles. The molecule has 1 aromatic heterocycles. The summed E-state index contributed by atoms with van der Waals surface area (Å²) in [5, 5.41) is 3.17. The Hall–Kier alpha value is -1.88. The van der Waals surface area contributed by atoms with Gasteiger partial charge >= 0.3 is 0 Å². The van der Waals surface area contributed by atoms with Crippen LogP contribution in [0.15, 0.2) is 77.6 Å². The number of thiazole rings is 1. The van der Waals surface area contributed by atoms with Crippen LogP contribution in [0.3, 0.4) is 0 Å². The van der Waals surface area contributed by atoms with Gasteiger partial charge in [0.25, 0.3) is 0 Å². The Morgan fingerprint density at radius 2 is 2.04 bits per heavy atom. The molecule has 3 rings (SSSR count). The summed E-state index contributed by atoms with van der Waals surface area (Å²) in [6.45, 7) is 3.85. The van der Waals surface area contributed by atoms with Crippen molar-refractivity contribution in [1.82, 2.24) is 9.71 Å². The van der Waals surface area contributed by atoms with Crippen LogP contribution in [0, 0.1) is 0 Å². The summed E-state index contributed by atoms with van der Waals surface area (Å²) in [7, 11) is 0. The van der Waals surface area contributed by atoms with Crippen molar-refractivity contribution in [2.75, 3.05) is 0 Å². The van der Waals surface area contributed by atoms with Gasteiger partial charge in [0.2, 0.25) is 0 Å². The van der Waals surface area contributed by atoms with E-state index in [0.29, 0.717) is 0 Å². The van der Waals surface area contributed by atoms with Gasteiger partial charge in [-0.25, -0.2) is 9.71 Å². The number of nitrogens with zero attached hydrogens (tertiary/aromatic N) is 1. The molecule has 0 spiro atoms. The fourth-order valence-corrected chi connectivity index (χ4v) is 4.05. The lowest BCUT2D eigenvalue weighted by atomic mass is 10.0. The van der Waals surface area contributed by atoms with Gasteiger partial charge in [-0.05, 0) is 48.0 Å². The van der Waals surface area contributed by atoms with Crippen molar-refractivity contribution in [2.45, 2.75) is 23.8 Å². The Labute approximate surface area is 151 Å². The van der Waals surface area contributed by atoms with E-state index in [-0.39, 0.29) is 6.04 Å². The zero-order valence-electron chi connectivity index (χ0n) is 13.4. The number of benzene rings is 2. The Kier molecular flexibility index (Phi) is 6.24. The number of hydrogen-bond acceptors (Lipinski definition) is 4. The van der Waals surface area contributed by atoms with Crippen LogP contribution in [0.5, 0.6) is 0 Å². The first-order chi connectivity index (χ1) is 11.8. The number of aromatic nitrogens is 1. The van der Waals surface area contributed by atoms with Crippen LogP contribution in [0.4, 0.5) is 0 Å². The van der Waals surface area contributed by atoms with E-state index in [1.165, 1.54) is 16.0 Å². The van der Waals surface area contributed by atoms with E-state index in [0.717, 1.165) is 17.8 Å². The smallest absolute Gasteiger partial charge is 0.110 e. The van der Waals surface area contributed by atoms with E-state index < -0.39 is 0 Å². The molecule has 0 saturated heterocycles. The average Bonchev–Trinajstić information content (AvgIpc) is 3.17. The highest BCUT2D eigenvalue weighted by molar-refractivity contribution is 7.97. The first-order valence-electron chi connectivity index (χ1n) is 7.93. The third-order valence-electron chi connectivity index (χ3n) is 3.72. The van der Waals surface area contributed by atoms with Crippen LogP contribution in [-0.4, -0.2) is 4.98 Å². The zero-order valence-corrected chi connectivity index (χ0v) is 15.0. The number of rotatable bonds is 8. The summed E-state index contributed by atoms with van der Waals surface area (Å²) in [5.74, 6) is 0. The summed E-state index contributed by atoms with van der Waals surface area (Å²) >= 11 is 3.38. The Morgan fingerprint density at radius 1 is 1.17 bits per heavy atom. The summed E-state index contributed by atoms with van der Waals surface area (Å²) in [6.07, 6.45) is 5.79. The first-order valence-corrected chi connectivity index (χ1v) is 9.63. The van der Waals surface area contributed by atoms with Gasteiger partial charge in [-0.1, -0.05) is 55.1 Å². The van der Waals surface area contributed by atoms with Gasteiger partial charge in [0.05, 0.1) is 6.04 Å². The molecule has 0 aliphatic carbocycles. The van der Waals surface area contributed by atoms with E-state index in [1.54, 1.807) is 23.3 Å². The van der Waals surface area contributed by atoms with Crippen LogP contribution in [0.25, 0.3) is 6.08 Å². The molecule has 1 N–H and O–H groups in total. The van der Waals surface area contributed by atoms with Gasteiger partial charge in [0.1, 0.15) is 5.01 Å². The molecule has 0 radical (unpaired) electrons. The quantitative estimate of drug-likeness (QED) is 0.522. The van der Waals surface area contributed by atoms with Crippen LogP contribution < -0.4 is 4.72 Å². The molecule has 2 nitrogen and oxygen atoms in total. The monoisotopic (exact) mass is 352 g/mol. The maximum atomic E-state index is 4.50. The van der Waals surface area contributed by atoms with E-state index >= 15 is 0 Å². The molecule has 1 atom stereocenters. The topological polar surface area (TPSA) is 24.9 Å². The van der Waals surface area contributed by atoms with Gasteiger partial charge in [0, 0.05) is 16.5 Å². The van der Waals surface area contributed by atoms with Crippen molar-refractivity contribution in [1.29, 1.82) is 0 Å². The second-order valence-electron chi connectivity index (χ2n) is 5.44. The molecule has 122 valence electrons. The minimum absolute atomic E-state index is 0.239. The van der Waals surface area contributed by atoms with E-state index in [2.05, 4.69) is 64.8 Å². The van der Waals surface area contributed by atoms with Gasteiger partial charge in [-0.15, -0.1) is 11.3 Å². The average molecular weight is 353 g/mol. The van der Waals surface area contributed by atoms with Gasteiger partial charge < -0.3 is 0 Å². The highest BCUT2D eigenvalue weighted by atomic mass is 32.2. The number of nitrogens with one attached hydrogen (secondary N) is 1. The van der Waals surface area contributed by atoms with E-state index in [9.17, 15) is 0 Å². The second kappa shape index (κ2) is 8.83. The largest absolute Gasteiger partial charge is 0.250 e.